The molecule has 0 aliphatic carbocycles. The Morgan fingerprint density at radius 2 is 2.19 bits per heavy atom. The monoisotopic (exact) mass is 356 g/mol. The summed E-state index contributed by atoms with van der Waals surface area (Å²) < 4.78 is 0. The number of rotatable bonds is 4. The molecule has 0 aromatic carbocycles. The molecule has 26 heavy (non-hydrogen) atoms. The van der Waals surface area contributed by atoms with E-state index in [0.29, 0.717) is 25.9 Å². The molecule has 1 aromatic rings. The lowest BCUT2D eigenvalue weighted by Gasteiger charge is -2.49. The Morgan fingerprint density at radius 1 is 1.35 bits per heavy atom. The molecule has 2 aliphatic rings. The molecule has 2 saturated heterocycles. The van der Waals surface area contributed by atoms with E-state index < -0.39 is 0 Å². The normalized spacial score (nSPS) is 24.6. The van der Waals surface area contributed by atoms with Gasteiger partial charge < -0.3 is 9.80 Å². The Labute approximate surface area is 155 Å². The Bertz CT molecular complexity index is 663. The van der Waals surface area contributed by atoms with Gasteiger partial charge in [0.25, 0.3) is 0 Å². The van der Waals surface area contributed by atoms with Crippen molar-refractivity contribution in [1.82, 2.24) is 19.7 Å². The van der Waals surface area contributed by atoms with Crippen LogP contribution in [0.5, 0.6) is 0 Å². The molecule has 2 aliphatic heterocycles. The van der Waals surface area contributed by atoms with Crippen LogP contribution in [0.1, 0.15) is 24.8 Å². The van der Waals surface area contributed by atoms with Gasteiger partial charge in [-0.05, 0) is 31.5 Å². The number of piperazine rings is 1. The number of carbonyl (C=O) groups is 2. The average Bonchev–Trinajstić information content (AvgIpc) is 2.80. The number of nitrogens with zero attached hydrogens (tertiary/aromatic N) is 4. The number of pyridine rings is 1. The number of carbonyl (C=O) groups excluding carboxylic acids is 2. The Kier molecular flexibility index (Phi) is 5.71. The van der Waals surface area contributed by atoms with Crippen molar-refractivity contribution in [3.63, 3.8) is 0 Å². The van der Waals surface area contributed by atoms with E-state index in [1.54, 1.807) is 18.5 Å². The van der Waals surface area contributed by atoms with Gasteiger partial charge in [0, 0.05) is 57.1 Å². The molecule has 0 N–H and O–H groups in total. The van der Waals surface area contributed by atoms with E-state index in [2.05, 4.69) is 23.5 Å². The molecule has 2 amide bonds. The average molecular weight is 356 g/mol. The lowest BCUT2D eigenvalue weighted by atomic mass is 9.86. The van der Waals surface area contributed by atoms with Crippen LogP contribution >= 0.6 is 0 Å². The Morgan fingerprint density at radius 3 is 2.92 bits per heavy atom. The molecule has 3 rings (SSSR count). The van der Waals surface area contributed by atoms with E-state index in [9.17, 15) is 9.59 Å². The van der Waals surface area contributed by atoms with Crippen molar-refractivity contribution in [3.8, 4) is 0 Å². The molecular weight excluding hydrogens is 328 g/mol. The van der Waals surface area contributed by atoms with Gasteiger partial charge in [0.05, 0.1) is 6.42 Å². The van der Waals surface area contributed by atoms with E-state index in [1.165, 1.54) is 0 Å². The number of likely N-dealkylation sites (N-methyl/N-ethyl adjacent to an activating group) is 1. The second-order valence-corrected chi connectivity index (χ2v) is 7.38. The van der Waals surface area contributed by atoms with Gasteiger partial charge in [0.15, 0.2) is 0 Å². The van der Waals surface area contributed by atoms with Crippen molar-refractivity contribution < 1.29 is 9.59 Å². The summed E-state index contributed by atoms with van der Waals surface area (Å²) in [5.74, 6) is 0.331. The quantitative estimate of drug-likeness (QED) is 0.764. The largest absolute Gasteiger partial charge is 0.339 e. The van der Waals surface area contributed by atoms with Crippen LogP contribution in [0.3, 0.4) is 0 Å². The summed E-state index contributed by atoms with van der Waals surface area (Å²) >= 11 is 0. The van der Waals surface area contributed by atoms with Gasteiger partial charge in [-0.2, -0.15) is 0 Å². The van der Waals surface area contributed by atoms with Gasteiger partial charge in [0.2, 0.25) is 11.8 Å². The zero-order chi connectivity index (χ0) is 18.6. The highest BCUT2D eigenvalue weighted by molar-refractivity contribution is 5.79. The minimum Gasteiger partial charge on any atom is -0.339 e. The smallest absolute Gasteiger partial charge is 0.227 e. The van der Waals surface area contributed by atoms with Crippen LogP contribution < -0.4 is 0 Å². The van der Waals surface area contributed by atoms with Crippen LogP contribution in [0, 0.1) is 0 Å². The molecule has 1 unspecified atom stereocenters. The lowest BCUT2D eigenvalue weighted by Crippen LogP contribution is -2.62. The van der Waals surface area contributed by atoms with E-state index in [4.69, 9.17) is 0 Å². The zero-order valence-corrected chi connectivity index (χ0v) is 15.6. The van der Waals surface area contributed by atoms with Gasteiger partial charge >= 0.3 is 0 Å². The third-order valence-electron chi connectivity index (χ3n) is 5.78. The first-order valence-corrected chi connectivity index (χ1v) is 9.31. The van der Waals surface area contributed by atoms with E-state index >= 15 is 0 Å². The molecule has 6 heteroatoms. The highest BCUT2D eigenvalue weighted by Crippen LogP contribution is 2.32. The van der Waals surface area contributed by atoms with Gasteiger partial charge in [-0.3, -0.25) is 19.5 Å². The maximum absolute atomic E-state index is 12.8. The van der Waals surface area contributed by atoms with E-state index in [1.807, 2.05) is 21.9 Å². The molecule has 2 fully saturated rings. The SMILES string of the molecule is C=CCN1CCC2(CCC1=O)CN(C(=O)Cc1cccnc1)CCN2C. The first kappa shape index (κ1) is 18.6. The summed E-state index contributed by atoms with van der Waals surface area (Å²) in [5.41, 5.74) is 0.827. The third kappa shape index (κ3) is 3.96. The standard InChI is InChI=1S/C20H28N4O2/c1-3-10-23-11-8-20(7-6-18(23)25)16-24(13-12-22(20)2)19(26)14-17-5-4-9-21-15-17/h3-5,9,15H,1,6-8,10-14,16H2,2H3. The molecule has 3 heterocycles. The Hall–Kier alpha value is -2.21. The number of amides is 2. The van der Waals surface area contributed by atoms with E-state index in [0.717, 1.165) is 38.0 Å². The molecule has 0 bridgehead atoms. The maximum atomic E-state index is 12.8. The number of aromatic nitrogens is 1. The fourth-order valence-corrected chi connectivity index (χ4v) is 4.04. The maximum Gasteiger partial charge on any atom is 0.227 e. The van der Waals surface area contributed by atoms with Crippen LogP contribution in [-0.4, -0.2) is 76.8 Å². The minimum absolute atomic E-state index is 0.117. The highest BCUT2D eigenvalue weighted by atomic mass is 16.2. The lowest BCUT2D eigenvalue weighted by molar-refractivity contribution is -0.136. The molecule has 140 valence electrons. The van der Waals surface area contributed by atoms with Crippen molar-refractivity contribution in [3.05, 3.63) is 42.7 Å². The Balaban J connectivity index is 1.70. The van der Waals surface area contributed by atoms with Gasteiger partial charge in [-0.25, -0.2) is 0 Å². The first-order valence-electron chi connectivity index (χ1n) is 9.31. The van der Waals surface area contributed by atoms with Gasteiger partial charge in [-0.1, -0.05) is 12.1 Å². The molecule has 1 atom stereocenters. The molecule has 1 aromatic heterocycles. The number of hydrogen-bond donors (Lipinski definition) is 0. The van der Waals surface area contributed by atoms with Crippen LogP contribution in [0.25, 0.3) is 0 Å². The topological polar surface area (TPSA) is 56.8 Å². The molecule has 0 saturated carbocycles. The van der Waals surface area contributed by atoms with Crippen molar-refractivity contribution in [2.45, 2.75) is 31.2 Å². The first-order chi connectivity index (χ1) is 12.5. The number of likely N-dealkylation sites (tertiary alicyclic amines) is 1. The second-order valence-electron chi connectivity index (χ2n) is 7.38. The van der Waals surface area contributed by atoms with Crippen LogP contribution in [0.15, 0.2) is 37.2 Å². The predicted molar refractivity (Wildman–Crippen MR) is 101 cm³/mol. The minimum atomic E-state index is -0.117. The second kappa shape index (κ2) is 7.99. The molecule has 0 radical (unpaired) electrons. The van der Waals surface area contributed by atoms with E-state index in [-0.39, 0.29) is 17.4 Å². The molecule has 6 nitrogen and oxygen atoms in total. The van der Waals surface area contributed by atoms with Crippen molar-refractivity contribution in [2.75, 3.05) is 39.8 Å². The zero-order valence-electron chi connectivity index (χ0n) is 15.6. The van der Waals surface area contributed by atoms with Crippen LogP contribution in [0.4, 0.5) is 0 Å². The predicted octanol–water partition coefficient (Wildman–Crippen LogP) is 1.34. The van der Waals surface area contributed by atoms with Gasteiger partial charge in [0.1, 0.15) is 0 Å². The summed E-state index contributed by atoms with van der Waals surface area (Å²) in [7, 11) is 2.12. The summed E-state index contributed by atoms with van der Waals surface area (Å²) in [6.07, 6.45) is 7.85. The number of hydrogen-bond acceptors (Lipinski definition) is 4. The van der Waals surface area contributed by atoms with Crippen LogP contribution in [-0.2, 0) is 16.0 Å². The third-order valence-corrected chi connectivity index (χ3v) is 5.78. The van der Waals surface area contributed by atoms with Crippen molar-refractivity contribution in [2.24, 2.45) is 0 Å². The van der Waals surface area contributed by atoms with Crippen molar-refractivity contribution in [1.29, 1.82) is 0 Å². The molecule has 1 spiro atoms. The fraction of sp³-hybridized carbons (Fsp3) is 0.550. The molecular formula is C20H28N4O2. The summed E-state index contributed by atoms with van der Waals surface area (Å²) in [6, 6.07) is 3.80. The summed E-state index contributed by atoms with van der Waals surface area (Å²) in [5, 5.41) is 0. The van der Waals surface area contributed by atoms with Crippen molar-refractivity contribution >= 4 is 11.8 Å². The van der Waals surface area contributed by atoms with Gasteiger partial charge in [-0.15, -0.1) is 6.58 Å². The fourth-order valence-electron chi connectivity index (χ4n) is 4.04. The highest BCUT2D eigenvalue weighted by Gasteiger charge is 2.43. The summed E-state index contributed by atoms with van der Waals surface area (Å²) in [6.45, 7) is 7.34. The van der Waals surface area contributed by atoms with Crippen LogP contribution in [0.2, 0.25) is 0 Å². The summed E-state index contributed by atoms with van der Waals surface area (Å²) in [4.78, 5) is 35.5.